The first-order chi connectivity index (χ1) is 23.7. The van der Waals surface area contributed by atoms with Crippen LogP contribution in [0.1, 0.15) is 61.8 Å². The fourth-order valence-electron chi connectivity index (χ4n) is 7.42. The van der Waals surface area contributed by atoms with E-state index in [9.17, 15) is 13.2 Å². The predicted octanol–water partition coefficient (Wildman–Crippen LogP) is 6.09. The summed E-state index contributed by atoms with van der Waals surface area (Å²) in [6.07, 6.45) is 6.02. The summed E-state index contributed by atoms with van der Waals surface area (Å²) in [5.41, 5.74) is 2.32. The molecule has 2 fully saturated rings. The molecule has 1 aliphatic heterocycles. The van der Waals surface area contributed by atoms with Gasteiger partial charge in [-0.25, -0.2) is 13.4 Å². The van der Waals surface area contributed by atoms with Crippen molar-refractivity contribution in [3.05, 3.63) is 63.3 Å². The first-order valence-electron chi connectivity index (χ1n) is 17.6. The standard InChI is InChI=1S/C37H52Cl2N6O4S/c1-26-24-27(2)40-35-28(26)12-11-14-32(35)49-25-29-30(38)15-16-33(34(29)39)50(47,48)41-37(17-8-9-18-37)45-22-20-44(21-23-45)36(46)31(43(5)6)13-7-10-19-42(3)4/h11-12,14-16,24,31,41H,7-10,13,17-23,25H2,1-6H3/t31-/m0/s1. The van der Waals surface area contributed by atoms with Gasteiger partial charge in [-0.1, -0.05) is 54.6 Å². The number of piperazine rings is 1. The molecule has 50 heavy (non-hydrogen) atoms. The van der Waals surface area contributed by atoms with E-state index in [0.717, 1.165) is 60.8 Å². The van der Waals surface area contributed by atoms with Gasteiger partial charge >= 0.3 is 0 Å². The van der Waals surface area contributed by atoms with Crippen LogP contribution < -0.4 is 9.46 Å². The number of aryl methyl sites for hydroxylation is 2. The molecule has 1 atom stereocenters. The highest BCUT2D eigenvalue weighted by molar-refractivity contribution is 7.89. The Balaban J connectivity index is 1.29. The number of rotatable bonds is 14. The number of sulfonamides is 1. The van der Waals surface area contributed by atoms with Gasteiger partial charge < -0.3 is 14.5 Å². The van der Waals surface area contributed by atoms with Crippen molar-refractivity contribution in [2.45, 2.75) is 82.0 Å². The van der Waals surface area contributed by atoms with Crippen LogP contribution in [0.4, 0.5) is 0 Å². The van der Waals surface area contributed by atoms with Gasteiger partial charge in [0.15, 0.2) is 0 Å². The molecule has 1 amide bonds. The number of halogens is 2. The van der Waals surface area contributed by atoms with Gasteiger partial charge in [0.05, 0.1) is 16.7 Å². The Morgan fingerprint density at radius 3 is 2.38 bits per heavy atom. The van der Waals surface area contributed by atoms with Gasteiger partial charge in [0.1, 0.15) is 22.8 Å². The van der Waals surface area contributed by atoms with Crippen molar-refractivity contribution in [2.75, 3.05) is 60.9 Å². The Kier molecular flexibility index (Phi) is 12.7. The molecule has 13 heteroatoms. The van der Waals surface area contributed by atoms with Crippen molar-refractivity contribution in [3.8, 4) is 5.75 Å². The number of carbonyl (C=O) groups is 1. The monoisotopic (exact) mass is 746 g/mol. The number of unbranched alkanes of at least 4 members (excludes halogenated alkanes) is 1. The highest BCUT2D eigenvalue weighted by Gasteiger charge is 2.45. The van der Waals surface area contributed by atoms with Crippen LogP contribution in [0.25, 0.3) is 10.9 Å². The van der Waals surface area contributed by atoms with E-state index in [1.54, 1.807) is 6.07 Å². The maximum absolute atomic E-state index is 14.2. The van der Waals surface area contributed by atoms with Crippen LogP contribution in [0, 0.1) is 13.8 Å². The molecule has 0 radical (unpaired) electrons. The van der Waals surface area contributed by atoms with Crippen molar-refractivity contribution in [1.82, 2.24) is 29.3 Å². The quantitative estimate of drug-likeness (QED) is 0.198. The predicted molar refractivity (Wildman–Crippen MR) is 202 cm³/mol. The van der Waals surface area contributed by atoms with Crippen LogP contribution in [0.15, 0.2) is 41.3 Å². The topological polar surface area (TPSA) is 98.3 Å². The molecule has 0 unspecified atom stereocenters. The minimum Gasteiger partial charge on any atom is -0.487 e. The number of fused-ring (bicyclic) bond motifs is 1. The maximum atomic E-state index is 14.2. The Morgan fingerprint density at radius 2 is 1.72 bits per heavy atom. The molecule has 0 bridgehead atoms. The highest BCUT2D eigenvalue weighted by Crippen LogP contribution is 2.38. The van der Waals surface area contributed by atoms with Crippen LogP contribution in [-0.4, -0.2) is 112 Å². The summed E-state index contributed by atoms with van der Waals surface area (Å²) >= 11 is 13.5. The largest absolute Gasteiger partial charge is 0.487 e. The third-order valence-electron chi connectivity index (χ3n) is 10.1. The number of carbonyl (C=O) groups excluding carboxylic acids is 1. The first kappa shape index (κ1) is 38.7. The Bertz CT molecular complexity index is 1770. The summed E-state index contributed by atoms with van der Waals surface area (Å²) in [6.45, 7) is 7.21. The molecule has 1 saturated heterocycles. The van der Waals surface area contributed by atoms with Crippen molar-refractivity contribution >= 4 is 50.0 Å². The zero-order chi connectivity index (χ0) is 36.2. The summed E-state index contributed by atoms with van der Waals surface area (Å²) < 4.78 is 37.6. The average Bonchev–Trinajstić information content (AvgIpc) is 3.53. The second-order valence-corrected chi connectivity index (χ2v) is 16.7. The van der Waals surface area contributed by atoms with Crippen molar-refractivity contribution in [1.29, 1.82) is 0 Å². The summed E-state index contributed by atoms with van der Waals surface area (Å²) in [4.78, 5) is 26.6. The number of likely N-dealkylation sites (N-methyl/N-ethyl adjacent to an activating group) is 1. The molecular formula is C37H52Cl2N6O4S. The highest BCUT2D eigenvalue weighted by atomic mass is 35.5. The number of hydrogen-bond acceptors (Lipinski definition) is 8. The van der Waals surface area contributed by atoms with E-state index >= 15 is 0 Å². The molecule has 1 aromatic heterocycles. The molecule has 5 rings (SSSR count). The number of benzene rings is 2. The van der Waals surface area contributed by atoms with Crippen LogP contribution in [0.2, 0.25) is 10.0 Å². The molecule has 3 aromatic rings. The summed E-state index contributed by atoms with van der Waals surface area (Å²) in [7, 11) is 4.00. The molecule has 2 aromatic carbocycles. The lowest BCUT2D eigenvalue weighted by molar-refractivity contribution is -0.139. The number of nitrogens with one attached hydrogen (secondary N) is 1. The molecular weight excluding hydrogens is 695 g/mol. The van der Waals surface area contributed by atoms with Gasteiger partial charge in [0.2, 0.25) is 15.9 Å². The van der Waals surface area contributed by atoms with Gasteiger partial charge in [-0.2, -0.15) is 4.72 Å². The van der Waals surface area contributed by atoms with E-state index in [4.69, 9.17) is 27.9 Å². The molecule has 1 N–H and O–H groups in total. The van der Waals surface area contributed by atoms with E-state index in [2.05, 4.69) is 33.6 Å². The zero-order valence-electron chi connectivity index (χ0n) is 30.3. The van der Waals surface area contributed by atoms with Gasteiger partial charge in [-0.15, -0.1) is 0 Å². The minimum atomic E-state index is -4.06. The summed E-state index contributed by atoms with van der Waals surface area (Å²) in [5, 5.41) is 1.33. The van der Waals surface area contributed by atoms with Crippen molar-refractivity contribution in [3.63, 3.8) is 0 Å². The van der Waals surface area contributed by atoms with E-state index in [-0.39, 0.29) is 28.5 Å². The van der Waals surface area contributed by atoms with E-state index in [0.29, 0.717) is 55.4 Å². The lowest BCUT2D eigenvalue weighted by Gasteiger charge is -2.46. The van der Waals surface area contributed by atoms with E-state index < -0.39 is 15.7 Å². The Labute approximate surface area is 308 Å². The molecule has 1 saturated carbocycles. The number of aromatic nitrogens is 1. The lowest BCUT2D eigenvalue weighted by Crippen LogP contribution is -2.64. The third-order valence-corrected chi connectivity index (χ3v) is 12.6. The van der Waals surface area contributed by atoms with Gasteiger partial charge in [-0.3, -0.25) is 14.6 Å². The van der Waals surface area contributed by atoms with Crippen LogP contribution >= 0.6 is 23.2 Å². The number of pyridine rings is 1. The molecule has 10 nitrogen and oxygen atoms in total. The summed E-state index contributed by atoms with van der Waals surface area (Å²) in [5.74, 6) is 0.712. The smallest absolute Gasteiger partial charge is 0.243 e. The number of ether oxygens (including phenoxy) is 1. The van der Waals surface area contributed by atoms with Gasteiger partial charge in [-0.05, 0) is 104 Å². The molecule has 2 heterocycles. The number of nitrogens with zero attached hydrogens (tertiary/aromatic N) is 5. The van der Waals surface area contributed by atoms with Crippen LogP contribution in [0.3, 0.4) is 0 Å². The summed E-state index contributed by atoms with van der Waals surface area (Å²) in [6, 6.07) is 10.6. The van der Waals surface area contributed by atoms with E-state index in [1.807, 2.05) is 62.0 Å². The van der Waals surface area contributed by atoms with E-state index in [1.165, 1.54) is 6.07 Å². The maximum Gasteiger partial charge on any atom is 0.243 e. The molecule has 2 aliphatic rings. The van der Waals surface area contributed by atoms with Crippen LogP contribution in [-0.2, 0) is 21.4 Å². The third kappa shape index (κ3) is 8.74. The second kappa shape index (κ2) is 16.4. The number of hydrogen-bond donors (Lipinski definition) is 1. The van der Waals surface area contributed by atoms with Gasteiger partial charge in [0.25, 0.3) is 0 Å². The minimum absolute atomic E-state index is 0.0282. The Morgan fingerprint density at radius 1 is 1.02 bits per heavy atom. The lowest BCUT2D eigenvalue weighted by atomic mass is 10.0. The molecule has 274 valence electrons. The van der Waals surface area contributed by atoms with Crippen molar-refractivity contribution < 1.29 is 17.9 Å². The average molecular weight is 748 g/mol. The number of amides is 1. The SMILES string of the molecule is Cc1cc(C)c2cccc(OCc3c(Cl)ccc(S(=O)(=O)NC4(N5CCN(C(=O)[C@H](CCCCN(C)C)N(C)C)CC5)CCCC4)c3Cl)c2n1. The van der Waals surface area contributed by atoms with Crippen LogP contribution in [0.5, 0.6) is 5.75 Å². The normalized spacial score (nSPS) is 17.6. The fourth-order valence-corrected chi connectivity index (χ4v) is 9.75. The van der Waals surface area contributed by atoms with Crippen molar-refractivity contribution in [2.24, 2.45) is 0 Å². The number of para-hydroxylation sites is 1. The molecule has 0 spiro atoms. The van der Waals surface area contributed by atoms with Gasteiger partial charge in [0, 0.05) is 47.8 Å². The second-order valence-electron chi connectivity index (χ2n) is 14.3. The zero-order valence-corrected chi connectivity index (χ0v) is 32.6. The fraction of sp³-hybridized carbons (Fsp3) is 0.568. The first-order valence-corrected chi connectivity index (χ1v) is 19.8. The molecule has 1 aliphatic carbocycles. The Hall–Kier alpha value is -2.51.